The molecule has 0 aromatic carbocycles. The summed E-state index contributed by atoms with van der Waals surface area (Å²) in [5.41, 5.74) is 5.97. The standard InChI is InChI=1S/C11H16N4O/c1-5(2)8-13-7(12)6-9(14-8)15-10(16)11(6,3)4/h5H,1-4H3,(H3,12,13,14,15,16). The highest BCUT2D eigenvalue weighted by Gasteiger charge is 2.42. The highest BCUT2D eigenvalue weighted by atomic mass is 16.2. The molecule has 16 heavy (non-hydrogen) atoms. The van der Waals surface area contributed by atoms with Crippen LogP contribution >= 0.6 is 0 Å². The third kappa shape index (κ3) is 1.35. The smallest absolute Gasteiger partial charge is 0.235 e. The van der Waals surface area contributed by atoms with Gasteiger partial charge >= 0.3 is 0 Å². The molecule has 5 heteroatoms. The van der Waals surface area contributed by atoms with E-state index in [-0.39, 0.29) is 11.8 Å². The van der Waals surface area contributed by atoms with E-state index in [1.54, 1.807) is 0 Å². The van der Waals surface area contributed by atoms with Crippen LogP contribution in [0.15, 0.2) is 0 Å². The monoisotopic (exact) mass is 220 g/mol. The number of amides is 1. The minimum Gasteiger partial charge on any atom is -0.383 e. The Balaban J connectivity index is 2.63. The summed E-state index contributed by atoms with van der Waals surface area (Å²) in [4.78, 5) is 20.3. The van der Waals surface area contributed by atoms with Crippen LogP contribution in [0.4, 0.5) is 11.6 Å². The van der Waals surface area contributed by atoms with Gasteiger partial charge in [0, 0.05) is 5.92 Å². The summed E-state index contributed by atoms with van der Waals surface area (Å²) in [6.07, 6.45) is 0. The Morgan fingerprint density at radius 1 is 1.31 bits per heavy atom. The topological polar surface area (TPSA) is 80.9 Å². The first kappa shape index (κ1) is 10.9. The van der Waals surface area contributed by atoms with Gasteiger partial charge in [-0.2, -0.15) is 0 Å². The maximum Gasteiger partial charge on any atom is 0.235 e. The van der Waals surface area contributed by atoms with Gasteiger partial charge in [-0.3, -0.25) is 4.79 Å². The second kappa shape index (κ2) is 3.17. The Morgan fingerprint density at radius 3 is 2.50 bits per heavy atom. The van der Waals surface area contributed by atoms with Gasteiger partial charge in [-0.25, -0.2) is 9.97 Å². The molecule has 1 aromatic heterocycles. The lowest BCUT2D eigenvalue weighted by atomic mass is 9.87. The Labute approximate surface area is 94.5 Å². The van der Waals surface area contributed by atoms with Crippen molar-refractivity contribution >= 4 is 17.5 Å². The number of rotatable bonds is 1. The van der Waals surface area contributed by atoms with Crippen LogP contribution < -0.4 is 11.1 Å². The van der Waals surface area contributed by atoms with Gasteiger partial charge in [0.1, 0.15) is 17.5 Å². The molecule has 0 saturated heterocycles. The lowest BCUT2D eigenvalue weighted by molar-refractivity contribution is -0.119. The van der Waals surface area contributed by atoms with Crippen molar-refractivity contribution in [2.24, 2.45) is 0 Å². The quantitative estimate of drug-likeness (QED) is 0.749. The molecule has 5 nitrogen and oxygen atoms in total. The van der Waals surface area contributed by atoms with Crippen molar-refractivity contribution in [2.75, 3.05) is 11.1 Å². The van der Waals surface area contributed by atoms with Crippen molar-refractivity contribution < 1.29 is 4.79 Å². The summed E-state index contributed by atoms with van der Waals surface area (Å²) >= 11 is 0. The van der Waals surface area contributed by atoms with E-state index in [9.17, 15) is 4.79 Å². The molecule has 0 bridgehead atoms. The first-order valence-corrected chi connectivity index (χ1v) is 5.33. The van der Waals surface area contributed by atoms with E-state index in [2.05, 4.69) is 15.3 Å². The number of aromatic nitrogens is 2. The van der Waals surface area contributed by atoms with Crippen molar-refractivity contribution in [1.29, 1.82) is 0 Å². The predicted molar refractivity (Wildman–Crippen MR) is 62.2 cm³/mol. The number of nitrogen functional groups attached to an aromatic ring is 1. The van der Waals surface area contributed by atoms with E-state index in [1.807, 2.05) is 27.7 Å². The number of nitrogens with zero attached hydrogens (tertiary/aromatic N) is 2. The molecule has 3 N–H and O–H groups in total. The van der Waals surface area contributed by atoms with Crippen LogP contribution in [-0.2, 0) is 10.2 Å². The van der Waals surface area contributed by atoms with Gasteiger partial charge in [0.05, 0.1) is 11.0 Å². The first-order valence-electron chi connectivity index (χ1n) is 5.33. The minimum atomic E-state index is -0.644. The molecular formula is C11H16N4O. The summed E-state index contributed by atoms with van der Waals surface area (Å²) in [6.45, 7) is 7.62. The van der Waals surface area contributed by atoms with Crippen LogP contribution in [0, 0.1) is 0 Å². The van der Waals surface area contributed by atoms with Crippen LogP contribution in [-0.4, -0.2) is 15.9 Å². The minimum absolute atomic E-state index is 0.0793. The van der Waals surface area contributed by atoms with E-state index in [1.165, 1.54) is 0 Å². The molecule has 0 fully saturated rings. The summed E-state index contributed by atoms with van der Waals surface area (Å²) < 4.78 is 0. The van der Waals surface area contributed by atoms with Crippen LogP contribution in [0.5, 0.6) is 0 Å². The predicted octanol–water partition coefficient (Wildman–Crippen LogP) is 1.41. The molecule has 0 unspecified atom stereocenters. The van der Waals surface area contributed by atoms with Crippen LogP contribution in [0.25, 0.3) is 0 Å². The van der Waals surface area contributed by atoms with Gasteiger partial charge in [0.15, 0.2) is 0 Å². The zero-order valence-corrected chi connectivity index (χ0v) is 9.96. The average Bonchev–Trinajstić information content (AvgIpc) is 2.37. The number of fused-ring (bicyclic) bond motifs is 1. The van der Waals surface area contributed by atoms with Crippen molar-refractivity contribution in [2.45, 2.75) is 39.0 Å². The molecule has 1 aliphatic rings. The Kier molecular flexibility index (Phi) is 2.15. The zero-order chi connectivity index (χ0) is 12.1. The third-order valence-electron chi connectivity index (χ3n) is 2.90. The second-order valence-corrected chi connectivity index (χ2v) is 4.92. The number of carbonyl (C=O) groups is 1. The fraction of sp³-hybridized carbons (Fsp3) is 0.545. The molecule has 0 radical (unpaired) electrons. The molecular weight excluding hydrogens is 204 g/mol. The van der Waals surface area contributed by atoms with Crippen LogP contribution in [0.3, 0.4) is 0 Å². The SMILES string of the molecule is CC(C)c1nc(N)c2c(n1)NC(=O)C2(C)C. The van der Waals surface area contributed by atoms with Crippen molar-refractivity contribution in [3.05, 3.63) is 11.4 Å². The summed E-state index contributed by atoms with van der Waals surface area (Å²) in [6, 6.07) is 0. The number of nitrogens with two attached hydrogens (primary N) is 1. The summed E-state index contributed by atoms with van der Waals surface area (Å²) in [5.74, 6) is 1.73. The zero-order valence-electron chi connectivity index (χ0n) is 9.96. The normalized spacial score (nSPS) is 17.4. The van der Waals surface area contributed by atoms with Crippen molar-refractivity contribution in [1.82, 2.24) is 9.97 Å². The van der Waals surface area contributed by atoms with Gasteiger partial charge < -0.3 is 11.1 Å². The van der Waals surface area contributed by atoms with E-state index in [0.29, 0.717) is 23.0 Å². The fourth-order valence-electron chi connectivity index (χ4n) is 1.84. The highest BCUT2D eigenvalue weighted by Crippen LogP contribution is 2.39. The first-order chi connectivity index (χ1) is 7.34. The lowest BCUT2D eigenvalue weighted by Gasteiger charge is -2.16. The third-order valence-corrected chi connectivity index (χ3v) is 2.90. The van der Waals surface area contributed by atoms with Gasteiger partial charge in [0.25, 0.3) is 0 Å². The maximum absolute atomic E-state index is 11.8. The molecule has 0 aliphatic carbocycles. The van der Waals surface area contributed by atoms with Crippen molar-refractivity contribution in [3.8, 4) is 0 Å². The van der Waals surface area contributed by atoms with E-state index < -0.39 is 5.41 Å². The number of anilines is 2. The number of hydrogen-bond acceptors (Lipinski definition) is 4. The van der Waals surface area contributed by atoms with Gasteiger partial charge in [-0.15, -0.1) is 0 Å². The largest absolute Gasteiger partial charge is 0.383 e. The van der Waals surface area contributed by atoms with Crippen LogP contribution in [0.1, 0.15) is 45.0 Å². The fourth-order valence-corrected chi connectivity index (χ4v) is 1.84. The lowest BCUT2D eigenvalue weighted by Crippen LogP contribution is -2.27. The number of nitrogens with one attached hydrogen (secondary N) is 1. The van der Waals surface area contributed by atoms with Gasteiger partial charge in [-0.1, -0.05) is 13.8 Å². The van der Waals surface area contributed by atoms with Gasteiger partial charge in [0.2, 0.25) is 5.91 Å². The average molecular weight is 220 g/mol. The highest BCUT2D eigenvalue weighted by molar-refractivity contribution is 6.06. The maximum atomic E-state index is 11.8. The Bertz CT molecular complexity index is 465. The summed E-state index contributed by atoms with van der Waals surface area (Å²) in [7, 11) is 0. The molecule has 1 aromatic rings. The molecule has 0 saturated carbocycles. The molecule has 1 amide bonds. The molecule has 0 spiro atoms. The van der Waals surface area contributed by atoms with Gasteiger partial charge in [-0.05, 0) is 13.8 Å². The van der Waals surface area contributed by atoms with Crippen LogP contribution in [0.2, 0.25) is 0 Å². The Hall–Kier alpha value is -1.65. The number of carbonyl (C=O) groups excluding carboxylic acids is 1. The number of hydrogen-bond donors (Lipinski definition) is 2. The van der Waals surface area contributed by atoms with E-state index in [4.69, 9.17) is 5.73 Å². The molecule has 86 valence electrons. The molecule has 2 heterocycles. The molecule has 1 aliphatic heterocycles. The molecule has 0 atom stereocenters. The summed E-state index contributed by atoms with van der Waals surface area (Å²) in [5, 5.41) is 2.75. The van der Waals surface area contributed by atoms with Crippen molar-refractivity contribution in [3.63, 3.8) is 0 Å². The second-order valence-electron chi connectivity index (χ2n) is 4.92. The molecule has 2 rings (SSSR count). The Morgan fingerprint density at radius 2 is 1.94 bits per heavy atom. The van der Waals surface area contributed by atoms with E-state index >= 15 is 0 Å². The van der Waals surface area contributed by atoms with E-state index in [0.717, 1.165) is 0 Å².